The van der Waals surface area contributed by atoms with E-state index in [4.69, 9.17) is 11.6 Å². The van der Waals surface area contributed by atoms with E-state index in [1.165, 1.54) is 0 Å². The minimum Gasteiger partial charge on any atom is -0.266 e. The van der Waals surface area contributed by atoms with Gasteiger partial charge in [0, 0.05) is 11.5 Å². The zero-order valence-electron chi connectivity index (χ0n) is 9.03. The lowest BCUT2D eigenvalue weighted by Crippen LogP contribution is -2.10. The van der Waals surface area contributed by atoms with Gasteiger partial charge in [0.2, 0.25) is 10.0 Å². The number of nitrogens with zero attached hydrogens (tertiary/aromatic N) is 2. The summed E-state index contributed by atoms with van der Waals surface area (Å²) in [4.78, 5) is 0. The minimum atomic E-state index is -3.38. The Kier molecular flexibility index (Phi) is 3.09. The maximum absolute atomic E-state index is 11.2. The van der Waals surface area contributed by atoms with E-state index in [1.54, 1.807) is 23.9 Å². The Hall–Kier alpha value is -0.790. The van der Waals surface area contributed by atoms with Crippen molar-refractivity contribution in [2.45, 2.75) is 0 Å². The summed E-state index contributed by atoms with van der Waals surface area (Å²) in [5.41, 5.74) is 0.739. The molecule has 2 aromatic rings. The highest BCUT2D eigenvalue weighted by atomic mass is 79.9. The second kappa shape index (κ2) is 4.15. The van der Waals surface area contributed by atoms with Gasteiger partial charge in [0.25, 0.3) is 0 Å². The summed E-state index contributed by atoms with van der Waals surface area (Å²) < 4.78 is 27.2. The number of rotatable bonds is 2. The van der Waals surface area contributed by atoms with Crippen molar-refractivity contribution in [2.75, 3.05) is 11.0 Å². The van der Waals surface area contributed by atoms with Crippen molar-refractivity contribution in [1.82, 2.24) is 9.78 Å². The van der Waals surface area contributed by atoms with Crippen molar-refractivity contribution in [3.63, 3.8) is 0 Å². The topological polar surface area (TPSA) is 64.0 Å². The van der Waals surface area contributed by atoms with Gasteiger partial charge in [-0.3, -0.25) is 9.40 Å². The second-order valence-electron chi connectivity index (χ2n) is 3.60. The summed E-state index contributed by atoms with van der Waals surface area (Å²) in [7, 11) is -1.67. The molecule has 92 valence electrons. The highest BCUT2D eigenvalue weighted by molar-refractivity contribution is 9.10. The van der Waals surface area contributed by atoms with Crippen LogP contribution in [-0.2, 0) is 17.1 Å². The Morgan fingerprint density at radius 1 is 1.47 bits per heavy atom. The van der Waals surface area contributed by atoms with Crippen molar-refractivity contribution < 1.29 is 8.42 Å². The Morgan fingerprint density at radius 2 is 2.12 bits per heavy atom. The fourth-order valence-corrected chi connectivity index (χ4v) is 2.90. The lowest BCUT2D eigenvalue weighted by molar-refractivity contribution is 0.606. The molecule has 0 unspecified atom stereocenters. The van der Waals surface area contributed by atoms with E-state index in [1.807, 2.05) is 0 Å². The zero-order valence-corrected chi connectivity index (χ0v) is 12.2. The Bertz CT molecular complexity index is 696. The number of hydrogen-bond acceptors (Lipinski definition) is 3. The van der Waals surface area contributed by atoms with E-state index in [2.05, 4.69) is 25.8 Å². The number of benzene rings is 1. The summed E-state index contributed by atoms with van der Waals surface area (Å²) in [6.45, 7) is 0. The predicted octanol–water partition coefficient (Wildman–Crippen LogP) is 2.36. The van der Waals surface area contributed by atoms with Crippen LogP contribution in [0.25, 0.3) is 10.9 Å². The van der Waals surface area contributed by atoms with Gasteiger partial charge in [-0.25, -0.2) is 8.42 Å². The number of sulfonamides is 1. The molecule has 8 heteroatoms. The van der Waals surface area contributed by atoms with Gasteiger partial charge < -0.3 is 0 Å². The molecule has 0 atom stereocenters. The first-order valence-corrected chi connectivity index (χ1v) is 7.64. The molecule has 0 saturated heterocycles. The quantitative estimate of drug-likeness (QED) is 0.914. The van der Waals surface area contributed by atoms with Gasteiger partial charge in [0.1, 0.15) is 0 Å². The van der Waals surface area contributed by atoms with Gasteiger partial charge in [0.15, 0.2) is 5.82 Å². The van der Waals surface area contributed by atoms with E-state index in [9.17, 15) is 8.42 Å². The summed E-state index contributed by atoms with van der Waals surface area (Å²) >= 11 is 9.45. The molecule has 1 N–H and O–H groups in total. The van der Waals surface area contributed by atoms with Gasteiger partial charge in [-0.2, -0.15) is 5.10 Å². The van der Waals surface area contributed by atoms with Crippen LogP contribution in [0.2, 0.25) is 5.02 Å². The van der Waals surface area contributed by atoms with E-state index in [-0.39, 0.29) is 5.82 Å². The molecule has 0 aliphatic rings. The molecule has 1 heterocycles. The first-order valence-electron chi connectivity index (χ1n) is 4.58. The molecule has 0 amide bonds. The molecule has 1 aromatic carbocycles. The summed E-state index contributed by atoms with van der Waals surface area (Å²) in [5, 5.41) is 5.13. The Labute approximate surface area is 112 Å². The van der Waals surface area contributed by atoms with Crippen molar-refractivity contribution in [2.24, 2.45) is 7.05 Å². The predicted molar refractivity (Wildman–Crippen MR) is 71.9 cm³/mol. The standard InChI is InChI=1S/C9H9BrClN3O2S/c1-14-8-5(10)3-4-6(11)7(8)9(12-14)13-17(2,15)16/h3-4H,1-2H3,(H,12,13). The smallest absolute Gasteiger partial charge is 0.231 e. The van der Waals surface area contributed by atoms with E-state index in [0.717, 1.165) is 16.2 Å². The molecule has 0 spiro atoms. The highest BCUT2D eigenvalue weighted by Crippen LogP contribution is 2.34. The zero-order chi connectivity index (χ0) is 12.8. The average molecular weight is 339 g/mol. The Balaban J connectivity index is 2.79. The molecule has 1 aromatic heterocycles. The summed E-state index contributed by atoms with van der Waals surface area (Å²) in [5.74, 6) is 0.233. The van der Waals surface area contributed by atoms with Crippen molar-refractivity contribution >= 4 is 54.3 Å². The Morgan fingerprint density at radius 3 is 2.71 bits per heavy atom. The van der Waals surface area contributed by atoms with E-state index in [0.29, 0.717) is 10.4 Å². The third-order valence-electron chi connectivity index (χ3n) is 2.17. The van der Waals surface area contributed by atoms with Gasteiger partial charge >= 0.3 is 0 Å². The maximum atomic E-state index is 11.2. The van der Waals surface area contributed by atoms with Crippen LogP contribution in [0.15, 0.2) is 16.6 Å². The fraction of sp³-hybridized carbons (Fsp3) is 0.222. The third kappa shape index (κ3) is 2.41. The molecule has 0 aliphatic carbocycles. The number of anilines is 1. The van der Waals surface area contributed by atoms with Crippen LogP contribution >= 0.6 is 27.5 Å². The second-order valence-corrected chi connectivity index (χ2v) is 6.61. The first-order chi connectivity index (χ1) is 7.79. The molecule has 5 nitrogen and oxygen atoms in total. The van der Waals surface area contributed by atoms with Crippen LogP contribution < -0.4 is 4.72 Å². The number of aryl methyl sites for hydroxylation is 1. The number of aromatic nitrogens is 2. The third-order valence-corrected chi connectivity index (χ3v) is 3.69. The number of halogens is 2. The molecule has 0 fully saturated rings. The molecular formula is C9H9BrClN3O2S. The van der Waals surface area contributed by atoms with Crippen LogP contribution in [0.1, 0.15) is 0 Å². The number of nitrogens with one attached hydrogen (secondary N) is 1. The molecule has 0 saturated carbocycles. The van der Waals surface area contributed by atoms with Crippen LogP contribution in [-0.4, -0.2) is 24.5 Å². The monoisotopic (exact) mass is 337 g/mol. The number of fused-ring (bicyclic) bond motifs is 1. The van der Waals surface area contributed by atoms with Gasteiger partial charge in [-0.05, 0) is 28.1 Å². The fourth-order valence-electron chi connectivity index (χ4n) is 1.58. The summed E-state index contributed by atoms with van der Waals surface area (Å²) in [6.07, 6.45) is 1.07. The van der Waals surface area contributed by atoms with Crippen molar-refractivity contribution in [3.8, 4) is 0 Å². The molecule has 2 rings (SSSR count). The van der Waals surface area contributed by atoms with Crippen LogP contribution in [0.4, 0.5) is 5.82 Å². The number of hydrogen-bond donors (Lipinski definition) is 1. The molecule has 0 radical (unpaired) electrons. The van der Waals surface area contributed by atoms with E-state index < -0.39 is 10.0 Å². The van der Waals surface area contributed by atoms with Gasteiger partial charge in [0.05, 0.1) is 22.2 Å². The molecular weight excluding hydrogens is 330 g/mol. The van der Waals surface area contributed by atoms with Gasteiger partial charge in [-0.15, -0.1) is 0 Å². The average Bonchev–Trinajstić information content (AvgIpc) is 2.48. The van der Waals surface area contributed by atoms with Crippen LogP contribution in [0, 0.1) is 0 Å². The normalized spacial score (nSPS) is 12.0. The largest absolute Gasteiger partial charge is 0.266 e. The SMILES string of the molecule is Cn1nc(NS(C)(=O)=O)c2c(Cl)ccc(Br)c21. The van der Waals surface area contributed by atoms with Crippen molar-refractivity contribution in [1.29, 1.82) is 0 Å². The highest BCUT2D eigenvalue weighted by Gasteiger charge is 2.16. The van der Waals surface area contributed by atoms with E-state index >= 15 is 0 Å². The molecule has 0 aliphatic heterocycles. The lowest BCUT2D eigenvalue weighted by Gasteiger charge is -2.01. The van der Waals surface area contributed by atoms with Crippen LogP contribution in [0.3, 0.4) is 0 Å². The van der Waals surface area contributed by atoms with Crippen molar-refractivity contribution in [3.05, 3.63) is 21.6 Å². The molecule has 17 heavy (non-hydrogen) atoms. The lowest BCUT2D eigenvalue weighted by atomic mass is 10.2. The maximum Gasteiger partial charge on any atom is 0.231 e. The first kappa shape index (κ1) is 12.7. The minimum absolute atomic E-state index is 0.233. The molecule has 0 bridgehead atoms. The van der Waals surface area contributed by atoms with Gasteiger partial charge in [-0.1, -0.05) is 11.6 Å². The summed E-state index contributed by atoms with van der Waals surface area (Å²) in [6, 6.07) is 3.47. The van der Waals surface area contributed by atoms with Crippen LogP contribution in [0.5, 0.6) is 0 Å².